The second-order valence-corrected chi connectivity index (χ2v) is 8.51. The maximum absolute atomic E-state index is 13.6. The van der Waals surface area contributed by atoms with Crippen LogP contribution in [0.15, 0.2) is 52.9 Å². The highest BCUT2D eigenvalue weighted by Gasteiger charge is 2.11. The third-order valence-electron chi connectivity index (χ3n) is 3.88. The molecule has 3 aromatic rings. The fourth-order valence-electron chi connectivity index (χ4n) is 2.33. The Morgan fingerprint density at radius 3 is 2.64 bits per heavy atom. The van der Waals surface area contributed by atoms with Crippen molar-refractivity contribution in [3.8, 4) is 5.75 Å². The van der Waals surface area contributed by atoms with Crippen LogP contribution in [0, 0.1) is 5.82 Å². The number of carbonyl (C=O) groups excluding carboxylic acids is 1. The quantitative estimate of drug-likeness (QED) is 0.408. The third kappa shape index (κ3) is 5.77. The molecule has 1 heterocycles. The number of carbonyl (C=O) groups is 1. The minimum atomic E-state index is -0.310. The predicted molar refractivity (Wildman–Crippen MR) is 111 cm³/mol. The van der Waals surface area contributed by atoms with Gasteiger partial charge >= 0.3 is 0 Å². The molecule has 3 rings (SSSR count). The van der Waals surface area contributed by atoms with E-state index in [0.29, 0.717) is 32.5 Å². The van der Waals surface area contributed by atoms with E-state index >= 15 is 0 Å². The summed E-state index contributed by atoms with van der Waals surface area (Å²) in [5.41, 5.74) is 1.82. The van der Waals surface area contributed by atoms with Gasteiger partial charge in [-0.05, 0) is 35.2 Å². The van der Waals surface area contributed by atoms with Gasteiger partial charge in [-0.15, -0.1) is 10.2 Å². The average Bonchev–Trinajstić information content (AvgIpc) is 3.13. The molecule has 1 aromatic heterocycles. The highest BCUT2D eigenvalue weighted by molar-refractivity contribution is 8.00. The molecule has 8 heteroatoms. The topological polar surface area (TPSA) is 64.1 Å². The lowest BCUT2D eigenvalue weighted by atomic mass is 10.0. The molecule has 0 aliphatic carbocycles. The van der Waals surface area contributed by atoms with Crippen molar-refractivity contribution in [1.29, 1.82) is 0 Å². The smallest absolute Gasteiger partial charge is 0.264 e. The molecule has 0 saturated carbocycles. The number of amides is 1. The maximum atomic E-state index is 13.6. The molecule has 0 aliphatic heterocycles. The Morgan fingerprint density at radius 2 is 1.93 bits per heavy atom. The number of thioether (sulfide) groups is 1. The van der Waals surface area contributed by atoms with Crippen LogP contribution in [-0.4, -0.2) is 22.7 Å². The zero-order chi connectivity index (χ0) is 19.9. The summed E-state index contributed by atoms with van der Waals surface area (Å²) >= 11 is 2.62. The van der Waals surface area contributed by atoms with Crippen LogP contribution in [0.25, 0.3) is 0 Å². The Kier molecular flexibility index (Phi) is 7.00. The number of hydrogen-bond acceptors (Lipinski definition) is 6. The Hall–Kier alpha value is -2.45. The van der Waals surface area contributed by atoms with E-state index in [-0.39, 0.29) is 18.3 Å². The van der Waals surface area contributed by atoms with Gasteiger partial charge in [0, 0.05) is 5.75 Å². The fraction of sp³-hybridized carbons (Fsp3) is 0.250. The summed E-state index contributed by atoms with van der Waals surface area (Å²) in [5, 5.41) is 11.0. The lowest BCUT2D eigenvalue weighted by molar-refractivity contribution is -0.118. The van der Waals surface area contributed by atoms with Gasteiger partial charge in [-0.2, -0.15) is 0 Å². The van der Waals surface area contributed by atoms with E-state index in [1.165, 1.54) is 34.7 Å². The molecule has 0 radical (unpaired) electrons. The normalized spacial score (nSPS) is 10.9. The Bertz CT molecular complexity index is 929. The standard InChI is InChI=1S/C20H20FN3O2S2/c1-13(2)14-7-9-16(10-8-14)26-11-18(25)22-19-23-24-20(28-19)27-12-15-5-3-4-6-17(15)21/h3-10,13H,11-12H2,1-2H3,(H,22,23,25). The van der Waals surface area contributed by atoms with Gasteiger partial charge in [0.25, 0.3) is 5.91 Å². The highest BCUT2D eigenvalue weighted by Crippen LogP contribution is 2.29. The molecular formula is C20H20FN3O2S2. The molecule has 5 nitrogen and oxygen atoms in total. The number of halogens is 1. The van der Waals surface area contributed by atoms with E-state index in [2.05, 4.69) is 29.4 Å². The van der Waals surface area contributed by atoms with Crippen LogP contribution in [0.2, 0.25) is 0 Å². The Balaban J connectivity index is 1.46. The second kappa shape index (κ2) is 9.66. The number of ether oxygens (including phenoxy) is 1. The van der Waals surface area contributed by atoms with Crippen molar-refractivity contribution >= 4 is 34.1 Å². The number of aromatic nitrogens is 2. The lowest BCUT2D eigenvalue weighted by Crippen LogP contribution is -2.20. The van der Waals surface area contributed by atoms with E-state index in [1.807, 2.05) is 24.3 Å². The largest absolute Gasteiger partial charge is 0.484 e. The van der Waals surface area contributed by atoms with Crippen LogP contribution >= 0.6 is 23.1 Å². The van der Waals surface area contributed by atoms with Crippen molar-refractivity contribution in [2.75, 3.05) is 11.9 Å². The number of benzene rings is 2. The van der Waals surface area contributed by atoms with Crippen molar-refractivity contribution < 1.29 is 13.9 Å². The van der Waals surface area contributed by atoms with Crippen LogP contribution in [0.3, 0.4) is 0 Å². The number of rotatable bonds is 8. The maximum Gasteiger partial charge on any atom is 0.264 e. The average molecular weight is 418 g/mol. The molecule has 0 fully saturated rings. The predicted octanol–water partition coefficient (Wildman–Crippen LogP) is 5.11. The van der Waals surface area contributed by atoms with Crippen LogP contribution in [0.4, 0.5) is 9.52 Å². The molecule has 2 aromatic carbocycles. The van der Waals surface area contributed by atoms with Crippen molar-refractivity contribution in [3.05, 3.63) is 65.5 Å². The first kappa shape index (κ1) is 20.3. The number of anilines is 1. The molecular weight excluding hydrogens is 397 g/mol. The molecule has 28 heavy (non-hydrogen) atoms. The first-order valence-electron chi connectivity index (χ1n) is 8.73. The minimum absolute atomic E-state index is 0.113. The van der Waals surface area contributed by atoms with Crippen LogP contribution in [0.5, 0.6) is 5.75 Å². The van der Waals surface area contributed by atoms with Gasteiger partial charge in [0.05, 0.1) is 0 Å². The molecule has 0 saturated heterocycles. The molecule has 1 N–H and O–H groups in total. The van der Waals surface area contributed by atoms with Crippen molar-refractivity contribution in [3.63, 3.8) is 0 Å². The van der Waals surface area contributed by atoms with Gasteiger partial charge < -0.3 is 4.74 Å². The number of hydrogen-bond donors (Lipinski definition) is 1. The van der Waals surface area contributed by atoms with Crippen LogP contribution in [-0.2, 0) is 10.5 Å². The summed E-state index contributed by atoms with van der Waals surface area (Å²) < 4.78 is 19.8. The summed E-state index contributed by atoms with van der Waals surface area (Å²) in [6, 6.07) is 14.3. The zero-order valence-electron chi connectivity index (χ0n) is 15.5. The van der Waals surface area contributed by atoms with Gasteiger partial charge in [0.15, 0.2) is 10.9 Å². The Labute approximate surface area is 171 Å². The van der Waals surface area contributed by atoms with Crippen LogP contribution < -0.4 is 10.1 Å². The van der Waals surface area contributed by atoms with Crippen molar-refractivity contribution in [1.82, 2.24) is 10.2 Å². The molecule has 146 valence electrons. The summed E-state index contributed by atoms with van der Waals surface area (Å²) in [7, 11) is 0. The second-order valence-electron chi connectivity index (χ2n) is 6.31. The van der Waals surface area contributed by atoms with Gasteiger partial charge in [0.2, 0.25) is 5.13 Å². The summed E-state index contributed by atoms with van der Waals surface area (Å²) in [5.74, 6) is 0.976. The third-order valence-corrected chi connectivity index (χ3v) is 5.90. The summed E-state index contributed by atoms with van der Waals surface area (Å²) in [6.07, 6.45) is 0. The minimum Gasteiger partial charge on any atom is -0.484 e. The van der Waals surface area contributed by atoms with E-state index in [9.17, 15) is 9.18 Å². The van der Waals surface area contributed by atoms with Crippen molar-refractivity contribution in [2.24, 2.45) is 0 Å². The first-order valence-corrected chi connectivity index (χ1v) is 10.5. The lowest BCUT2D eigenvalue weighted by Gasteiger charge is -2.08. The number of nitrogens with zero attached hydrogens (tertiary/aromatic N) is 2. The van der Waals surface area contributed by atoms with Gasteiger partial charge in [-0.3, -0.25) is 10.1 Å². The number of nitrogens with one attached hydrogen (secondary N) is 1. The van der Waals surface area contributed by atoms with E-state index < -0.39 is 0 Å². The SMILES string of the molecule is CC(C)c1ccc(OCC(=O)Nc2nnc(SCc3ccccc3F)s2)cc1. The van der Waals surface area contributed by atoms with Gasteiger partial charge in [0.1, 0.15) is 11.6 Å². The zero-order valence-corrected chi connectivity index (χ0v) is 17.1. The molecule has 0 aliphatic rings. The Morgan fingerprint density at radius 1 is 1.18 bits per heavy atom. The fourth-order valence-corrected chi connectivity index (χ4v) is 4.08. The molecule has 0 bridgehead atoms. The van der Waals surface area contributed by atoms with E-state index in [1.54, 1.807) is 18.2 Å². The van der Waals surface area contributed by atoms with Crippen molar-refractivity contribution in [2.45, 2.75) is 29.9 Å². The van der Waals surface area contributed by atoms with Gasteiger partial charge in [-0.25, -0.2) is 4.39 Å². The molecule has 1 amide bonds. The molecule has 0 atom stereocenters. The highest BCUT2D eigenvalue weighted by atomic mass is 32.2. The molecule has 0 spiro atoms. The first-order chi connectivity index (χ1) is 13.5. The van der Waals surface area contributed by atoms with Crippen LogP contribution in [0.1, 0.15) is 30.9 Å². The molecule has 0 unspecified atom stereocenters. The summed E-state index contributed by atoms with van der Waals surface area (Å²) in [6.45, 7) is 4.13. The van der Waals surface area contributed by atoms with E-state index in [4.69, 9.17) is 4.74 Å². The monoisotopic (exact) mass is 417 g/mol. The summed E-state index contributed by atoms with van der Waals surface area (Å²) in [4.78, 5) is 12.0. The van der Waals surface area contributed by atoms with Gasteiger partial charge in [-0.1, -0.05) is 67.3 Å². The van der Waals surface area contributed by atoms with E-state index in [0.717, 1.165) is 0 Å².